The van der Waals surface area contributed by atoms with E-state index in [-0.39, 0.29) is 22.8 Å². The SMILES string of the molecule is C[C@@H]1C(=O)N2CCCc3cc(S(=O)(=O)N[C@@H](C)CCc4ccccc4)cc1c32. The fraction of sp³-hybridized carbons (Fsp3) is 0.409. The van der Waals surface area contributed by atoms with Crippen LogP contribution in [-0.2, 0) is 27.7 Å². The minimum atomic E-state index is -3.63. The van der Waals surface area contributed by atoms with E-state index in [0.29, 0.717) is 0 Å². The molecule has 148 valence electrons. The van der Waals surface area contributed by atoms with Gasteiger partial charge in [0.05, 0.1) is 16.5 Å². The summed E-state index contributed by atoms with van der Waals surface area (Å²) in [6, 6.07) is 13.3. The van der Waals surface area contributed by atoms with Crippen LogP contribution in [0.3, 0.4) is 0 Å². The van der Waals surface area contributed by atoms with E-state index < -0.39 is 10.0 Å². The highest BCUT2D eigenvalue weighted by molar-refractivity contribution is 7.89. The number of benzene rings is 2. The molecule has 2 aliphatic rings. The lowest BCUT2D eigenvalue weighted by Crippen LogP contribution is -2.33. The van der Waals surface area contributed by atoms with Crippen LogP contribution in [-0.4, -0.2) is 26.9 Å². The monoisotopic (exact) mass is 398 g/mol. The number of hydrogen-bond donors (Lipinski definition) is 1. The van der Waals surface area contributed by atoms with Crippen molar-refractivity contribution in [2.24, 2.45) is 0 Å². The Morgan fingerprint density at radius 1 is 1.21 bits per heavy atom. The number of sulfonamides is 1. The summed E-state index contributed by atoms with van der Waals surface area (Å²) in [5, 5.41) is 0. The number of carbonyl (C=O) groups excluding carboxylic acids is 1. The van der Waals surface area contributed by atoms with Crippen molar-refractivity contribution in [3.05, 3.63) is 59.2 Å². The lowest BCUT2D eigenvalue weighted by molar-refractivity contribution is -0.119. The zero-order chi connectivity index (χ0) is 19.9. The summed E-state index contributed by atoms with van der Waals surface area (Å²) >= 11 is 0. The molecule has 2 aromatic rings. The molecule has 1 amide bonds. The van der Waals surface area contributed by atoms with E-state index in [0.717, 1.165) is 49.0 Å². The molecule has 0 unspecified atom stereocenters. The Labute approximate surface area is 166 Å². The maximum atomic E-state index is 13.0. The molecule has 0 saturated heterocycles. The van der Waals surface area contributed by atoms with Crippen molar-refractivity contribution in [3.63, 3.8) is 0 Å². The van der Waals surface area contributed by atoms with Crippen molar-refractivity contribution in [2.75, 3.05) is 11.4 Å². The predicted molar refractivity (Wildman–Crippen MR) is 110 cm³/mol. The number of nitrogens with one attached hydrogen (secondary N) is 1. The molecule has 28 heavy (non-hydrogen) atoms. The lowest BCUT2D eigenvalue weighted by Gasteiger charge is -2.26. The van der Waals surface area contributed by atoms with Crippen LogP contribution < -0.4 is 9.62 Å². The van der Waals surface area contributed by atoms with Gasteiger partial charge in [0, 0.05) is 12.6 Å². The number of amides is 1. The standard InChI is InChI=1S/C22H26N2O3S/c1-15(10-11-17-7-4-3-5-8-17)23-28(26,27)19-13-18-9-6-12-24-21(18)20(14-19)16(2)22(24)25/h3-5,7-8,13-16,23H,6,9-12H2,1-2H3/t15-,16-/m0/s1. The summed E-state index contributed by atoms with van der Waals surface area (Å²) in [7, 11) is -3.63. The van der Waals surface area contributed by atoms with E-state index in [4.69, 9.17) is 0 Å². The molecule has 0 spiro atoms. The van der Waals surface area contributed by atoms with Crippen LogP contribution in [0.1, 0.15) is 49.3 Å². The summed E-state index contributed by atoms with van der Waals surface area (Å²) in [4.78, 5) is 14.6. The van der Waals surface area contributed by atoms with Gasteiger partial charge in [-0.1, -0.05) is 30.3 Å². The van der Waals surface area contributed by atoms with Gasteiger partial charge >= 0.3 is 0 Å². The zero-order valence-electron chi connectivity index (χ0n) is 16.3. The fourth-order valence-corrected chi connectivity index (χ4v) is 5.60. The first-order valence-corrected chi connectivity index (χ1v) is 11.4. The summed E-state index contributed by atoms with van der Waals surface area (Å²) in [6.45, 7) is 4.48. The van der Waals surface area contributed by atoms with Crippen LogP contribution in [0.4, 0.5) is 5.69 Å². The highest BCUT2D eigenvalue weighted by Gasteiger charge is 2.38. The van der Waals surface area contributed by atoms with Gasteiger partial charge in [-0.25, -0.2) is 13.1 Å². The van der Waals surface area contributed by atoms with Gasteiger partial charge in [-0.3, -0.25) is 4.79 Å². The van der Waals surface area contributed by atoms with Gasteiger partial charge in [0.15, 0.2) is 0 Å². The third-order valence-electron chi connectivity index (χ3n) is 5.77. The topological polar surface area (TPSA) is 66.5 Å². The Hall–Kier alpha value is -2.18. The van der Waals surface area contributed by atoms with E-state index in [1.165, 1.54) is 5.56 Å². The molecule has 5 nitrogen and oxygen atoms in total. The molecule has 2 atom stereocenters. The quantitative estimate of drug-likeness (QED) is 0.811. The summed E-state index contributed by atoms with van der Waals surface area (Å²) in [5.74, 6) is -0.202. The van der Waals surface area contributed by atoms with E-state index in [9.17, 15) is 13.2 Å². The van der Waals surface area contributed by atoms with Gasteiger partial charge in [-0.15, -0.1) is 0 Å². The van der Waals surface area contributed by atoms with Crippen molar-refractivity contribution in [1.82, 2.24) is 4.72 Å². The Kier molecular flexibility index (Phi) is 5.02. The number of aryl methyl sites for hydroxylation is 2. The van der Waals surface area contributed by atoms with Crippen LogP contribution in [0.2, 0.25) is 0 Å². The second-order valence-electron chi connectivity index (χ2n) is 7.88. The van der Waals surface area contributed by atoms with Crippen LogP contribution in [0.15, 0.2) is 47.4 Å². The number of rotatable bonds is 6. The first kappa shape index (κ1) is 19.2. The first-order chi connectivity index (χ1) is 13.4. The molecule has 0 saturated carbocycles. The molecule has 0 fully saturated rings. The van der Waals surface area contributed by atoms with Crippen molar-refractivity contribution in [1.29, 1.82) is 0 Å². The third kappa shape index (κ3) is 3.47. The average Bonchev–Trinajstić information content (AvgIpc) is 2.93. The highest BCUT2D eigenvalue weighted by atomic mass is 32.2. The molecule has 2 heterocycles. The number of hydrogen-bond acceptors (Lipinski definition) is 3. The third-order valence-corrected chi connectivity index (χ3v) is 7.34. The van der Waals surface area contributed by atoms with Crippen LogP contribution >= 0.6 is 0 Å². The van der Waals surface area contributed by atoms with E-state index in [1.54, 1.807) is 12.1 Å². The number of carbonyl (C=O) groups is 1. The van der Waals surface area contributed by atoms with Gasteiger partial charge in [0.1, 0.15) is 0 Å². The molecule has 4 rings (SSSR count). The molecule has 0 radical (unpaired) electrons. The molecule has 2 aromatic carbocycles. The number of nitrogens with zero attached hydrogens (tertiary/aromatic N) is 1. The molecule has 6 heteroatoms. The molecular weight excluding hydrogens is 372 g/mol. The van der Waals surface area contributed by atoms with Crippen molar-refractivity contribution >= 4 is 21.6 Å². The maximum absolute atomic E-state index is 13.0. The van der Waals surface area contributed by atoms with Gasteiger partial charge in [0.25, 0.3) is 0 Å². The van der Waals surface area contributed by atoms with Gasteiger partial charge in [-0.05, 0) is 68.4 Å². The first-order valence-electron chi connectivity index (χ1n) is 9.91. The zero-order valence-corrected chi connectivity index (χ0v) is 17.1. The van der Waals surface area contributed by atoms with E-state index in [1.807, 2.05) is 36.9 Å². The molecule has 1 N–H and O–H groups in total. The average molecular weight is 399 g/mol. The van der Waals surface area contributed by atoms with Crippen molar-refractivity contribution in [3.8, 4) is 0 Å². The van der Waals surface area contributed by atoms with Crippen molar-refractivity contribution in [2.45, 2.75) is 56.4 Å². The normalized spacial score (nSPS) is 19.6. The maximum Gasteiger partial charge on any atom is 0.240 e. The van der Waals surface area contributed by atoms with E-state index >= 15 is 0 Å². The summed E-state index contributed by atoms with van der Waals surface area (Å²) < 4.78 is 28.8. The van der Waals surface area contributed by atoms with Crippen molar-refractivity contribution < 1.29 is 13.2 Å². The Bertz CT molecular complexity index is 1000. The highest BCUT2D eigenvalue weighted by Crippen LogP contribution is 2.43. The molecule has 2 aliphatic heterocycles. The second-order valence-corrected chi connectivity index (χ2v) is 9.60. The van der Waals surface area contributed by atoms with Gasteiger partial charge in [0.2, 0.25) is 15.9 Å². The fourth-order valence-electron chi connectivity index (χ4n) is 4.24. The predicted octanol–water partition coefficient (Wildman–Crippen LogP) is 3.38. The molecule has 0 aliphatic carbocycles. The minimum absolute atomic E-state index is 0.0784. The minimum Gasteiger partial charge on any atom is -0.311 e. The molecule has 0 aromatic heterocycles. The van der Waals surface area contributed by atoms with Crippen LogP contribution in [0.5, 0.6) is 0 Å². The van der Waals surface area contributed by atoms with Gasteiger partial charge in [-0.2, -0.15) is 0 Å². The molecule has 0 bridgehead atoms. The largest absolute Gasteiger partial charge is 0.311 e. The lowest BCUT2D eigenvalue weighted by atomic mass is 9.97. The summed E-state index contributed by atoms with van der Waals surface area (Å²) in [5.41, 5.74) is 3.96. The number of anilines is 1. The van der Waals surface area contributed by atoms with Gasteiger partial charge < -0.3 is 4.90 Å². The van der Waals surface area contributed by atoms with Crippen LogP contribution in [0.25, 0.3) is 0 Å². The Balaban J connectivity index is 1.54. The smallest absolute Gasteiger partial charge is 0.240 e. The van der Waals surface area contributed by atoms with E-state index in [2.05, 4.69) is 16.9 Å². The Morgan fingerprint density at radius 2 is 1.96 bits per heavy atom. The summed E-state index contributed by atoms with van der Waals surface area (Å²) in [6.07, 6.45) is 3.23. The van der Waals surface area contributed by atoms with Crippen LogP contribution in [0, 0.1) is 0 Å². The second kappa shape index (κ2) is 7.33. The molecular formula is C22H26N2O3S. The Morgan fingerprint density at radius 3 is 2.71 bits per heavy atom.